The van der Waals surface area contributed by atoms with E-state index >= 15 is 0 Å². The largest absolute Gasteiger partial charge is 0.353 e. The number of carbonyl (C=O) groups excluding carboxylic acids is 2. The Morgan fingerprint density at radius 3 is 2.67 bits per heavy atom. The number of fused-ring (bicyclic) bond motifs is 1. The van der Waals surface area contributed by atoms with Crippen LogP contribution in [0, 0.1) is 17.8 Å². The van der Waals surface area contributed by atoms with Crippen LogP contribution in [0.25, 0.3) is 0 Å². The molecule has 3 rings (SSSR count). The molecule has 3 N–H and O–H groups in total. The van der Waals surface area contributed by atoms with Gasteiger partial charge in [0, 0.05) is 31.5 Å². The topological polar surface area (TPSA) is 75.4 Å². The number of hydrogen-bond donors (Lipinski definition) is 2. The molecule has 2 aliphatic heterocycles. The highest BCUT2D eigenvalue weighted by atomic mass is 16.2. The zero-order valence-electron chi connectivity index (χ0n) is 12.7. The van der Waals surface area contributed by atoms with Gasteiger partial charge in [-0.2, -0.15) is 0 Å². The van der Waals surface area contributed by atoms with Gasteiger partial charge in [0.1, 0.15) is 0 Å². The molecule has 3 aliphatic rings. The number of nitrogens with one attached hydrogen (secondary N) is 1. The summed E-state index contributed by atoms with van der Waals surface area (Å²) in [6.07, 6.45) is 6.67. The van der Waals surface area contributed by atoms with Gasteiger partial charge in [-0.25, -0.2) is 0 Å². The number of nitrogens with zero attached hydrogens (tertiary/aromatic N) is 1. The SMILES string of the molecule is NCC1CCC(C(=O)N2CCC3NC(=O)CCC3C2)CC1. The maximum Gasteiger partial charge on any atom is 0.225 e. The Bertz CT molecular complexity index is 404. The van der Waals surface area contributed by atoms with Crippen LogP contribution in [-0.2, 0) is 9.59 Å². The van der Waals surface area contributed by atoms with Crippen LogP contribution in [0.5, 0.6) is 0 Å². The Hall–Kier alpha value is -1.10. The van der Waals surface area contributed by atoms with Gasteiger partial charge in [-0.3, -0.25) is 9.59 Å². The Kier molecular flexibility index (Phi) is 4.48. The minimum Gasteiger partial charge on any atom is -0.353 e. The van der Waals surface area contributed by atoms with Gasteiger partial charge in [-0.05, 0) is 56.9 Å². The number of nitrogens with two attached hydrogens (primary N) is 1. The maximum atomic E-state index is 12.7. The molecule has 5 heteroatoms. The van der Waals surface area contributed by atoms with Crippen molar-refractivity contribution in [1.29, 1.82) is 0 Å². The summed E-state index contributed by atoms with van der Waals surface area (Å²) in [5.41, 5.74) is 5.72. The standard InChI is InChI=1S/C16H27N3O2/c17-9-11-1-3-12(4-2-11)16(21)19-8-7-14-13(10-19)5-6-15(20)18-14/h11-14H,1-10,17H2,(H,18,20). The molecule has 21 heavy (non-hydrogen) atoms. The summed E-state index contributed by atoms with van der Waals surface area (Å²) < 4.78 is 0. The van der Waals surface area contributed by atoms with E-state index in [2.05, 4.69) is 10.2 Å². The van der Waals surface area contributed by atoms with E-state index < -0.39 is 0 Å². The molecule has 1 saturated carbocycles. The lowest BCUT2D eigenvalue weighted by Crippen LogP contribution is -2.56. The highest BCUT2D eigenvalue weighted by Gasteiger charge is 2.37. The van der Waals surface area contributed by atoms with Crippen molar-refractivity contribution in [1.82, 2.24) is 10.2 Å². The smallest absolute Gasteiger partial charge is 0.225 e. The summed E-state index contributed by atoms with van der Waals surface area (Å²) in [5, 5.41) is 3.08. The molecule has 0 radical (unpaired) electrons. The molecule has 0 aromatic carbocycles. The van der Waals surface area contributed by atoms with Crippen LogP contribution in [-0.4, -0.2) is 42.4 Å². The quantitative estimate of drug-likeness (QED) is 0.793. The van der Waals surface area contributed by atoms with Gasteiger partial charge in [-0.15, -0.1) is 0 Å². The fourth-order valence-corrected chi connectivity index (χ4v) is 4.21. The zero-order chi connectivity index (χ0) is 14.8. The number of amides is 2. The van der Waals surface area contributed by atoms with Crippen molar-refractivity contribution in [2.75, 3.05) is 19.6 Å². The molecule has 5 nitrogen and oxygen atoms in total. The predicted molar refractivity (Wildman–Crippen MR) is 80.4 cm³/mol. The van der Waals surface area contributed by atoms with E-state index in [1.165, 1.54) is 0 Å². The molecule has 2 unspecified atom stereocenters. The van der Waals surface area contributed by atoms with Gasteiger partial charge in [0.25, 0.3) is 0 Å². The van der Waals surface area contributed by atoms with Crippen LogP contribution in [0.15, 0.2) is 0 Å². The van der Waals surface area contributed by atoms with Crippen molar-refractivity contribution in [2.24, 2.45) is 23.5 Å². The molecule has 118 valence electrons. The third-order valence-electron chi connectivity index (χ3n) is 5.66. The molecule has 0 aromatic heterocycles. The predicted octanol–water partition coefficient (Wildman–Crippen LogP) is 0.879. The van der Waals surface area contributed by atoms with Crippen molar-refractivity contribution < 1.29 is 9.59 Å². The second-order valence-corrected chi connectivity index (χ2v) is 7.00. The van der Waals surface area contributed by atoms with Crippen LogP contribution in [0.4, 0.5) is 0 Å². The van der Waals surface area contributed by atoms with Gasteiger partial charge in [0.15, 0.2) is 0 Å². The Labute approximate surface area is 126 Å². The first kappa shape index (κ1) is 14.8. The highest BCUT2D eigenvalue weighted by molar-refractivity contribution is 5.80. The normalized spacial score (nSPS) is 36.8. The summed E-state index contributed by atoms with van der Waals surface area (Å²) in [5.74, 6) is 1.81. The van der Waals surface area contributed by atoms with Gasteiger partial charge in [-0.1, -0.05) is 0 Å². The molecule has 0 spiro atoms. The van der Waals surface area contributed by atoms with E-state index in [1.807, 2.05) is 0 Å². The molecule has 0 aromatic rings. The first-order valence-corrected chi connectivity index (χ1v) is 8.45. The molecule has 3 fully saturated rings. The molecule has 1 aliphatic carbocycles. The Balaban J connectivity index is 1.53. The second kappa shape index (κ2) is 6.34. The Morgan fingerprint density at radius 2 is 1.95 bits per heavy atom. The molecular formula is C16H27N3O2. The van der Waals surface area contributed by atoms with Crippen molar-refractivity contribution >= 4 is 11.8 Å². The van der Waals surface area contributed by atoms with E-state index in [0.717, 1.165) is 58.2 Å². The third kappa shape index (κ3) is 3.23. The van der Waals surface area contributed by atoms with Crippen molar-refractivity contribution in [2.45, 2.75) is 51.0 Å². The van der Waals surface area contributed by atoms with Crippen LogP contribution in [0.1, 0.15) is 44.9 Å². The number of rotatable bonds is 2. The van der Waals surface area contributed by atoms with Gasteiger partial charge in [0.2, 0.25) is 11.8 Å². The summed E-state index contributed by atoms with van der Waals surface area (Å²) >= 11 is 0. The second-order valence-electron chi connectivity index (χ2n) is 7.00. The van der Waals surface area contributed by atoms with Crippen molar-refractivity contribution in [3.63, 3.8) is 0 Å². The lowest BCUT2D eigenvalue weighted by Gasteiger charge is -2.43. The molecule has 2 amide bonds. The number of piperidine rings is 2. The van der Waals surface area contributed by atoms with E-state index in [9.17, 15) is 9.59 Å². The van der Waals surface area contributed by atoms with Crippen LogP contribution in [0.2, 0.25) is 0 Å². The monoisotopic (exact) mass is 293 g/mol. The number of likely N-dealkylation sites (tertiary alicyclic amines) is 1. The lowest BCUT2D eigenvalue weighted by atomic mass is 9.80. The minimum atomic E-state index is 0.177. The van der Waals surface area contributed by atoms with Gasteiger partial charge in [0.05, 0.1) is 0 Å². The van der Waals surface area contributed by atoms with Crippen LogP contribution < -0.4 is 11.1 Å². The average Bonchev–Trinajstić information content (AvgIpc) is 2.53. The zero-order valence-corrected chi connectivity index (χ0v) is 12.7. The number of carbonyl (C=O) groups is 2. The van der Waals surface area contributed by atoms with Crippen molar-refractivity contribution in [3.8, 4) is 0 Å². The van der Waals surface area contributed by atoms with E-state index in [4.69, 9.17) is 5.73 Å². The summed E-state index contributed by atoms with van der Waals surface area (Å²) in [4.78, 5) is 26.2. The summed E-state index contributed by atoms with van der Waals surface area (Å²) in [6.45, 7) is 2.39. The van der Waals surface area contributed by atoms with Gasteiger partial charge >= 0.3 is 0 Å². The summed E-state index contributed by atoms with van der Waals surface area (Å²) in [6, 6.07) is 0.295. The number of hydrogen-bond acceptors (Lipinski definition) is 3. The van der Waals surface area contributed by atoms with E-state index in [1.54, 1.807) is 0 Å². The molecule has 0 bridgehead atoms. The third-order valence-corrected chi connectivity index (χ3v) is 5.66. The Morgan fingerprint density at radius 1 is 1.19 bits per heavy atom. The van der Waals surface area contributed by atoms with E-state index in [0.29, 0.717) is 30.2 Å². The van der Waals surface area contributed by atoms with Gasteiger partial charge < -0.3 is 16.0 Å². The molecule has 2 atom stereocenters. The molecular weight excluding hydrogens is 266 g/mol. The summed E-state index contributed by atoms with van der Waals surface area (Å²) in [7, 11) is 0. The minimum absolute atomic E-state index is 0.177. The highest BCUT2D eigenvalue weighted by Crippen LogP contribution is 2.32. The first-order valence-electron chi connectivity index (χ1n) is 8.45. The van der Waals surface area contributed by atoms with Crippen LogP contribution in [0.3, 0.4) is 0 Å². The average molecular weight is 293 g/mol. The molecule has 2 heterocycles. The first-order chi connectivity index (χ1) is 10.2. The van der Waals surface area contributed by atoms with E-state index in [-0.39, 0.29) is 11.8 Å². The fraction of sp³-hybridized carbons (Fsp3) is 0.875. The maximum absolute atomic E-state index is 12.7. The molecule has 2 saturated heterocycles. The van der Waals surface area contributed by atoms with Crippen LogP contribution >= 0.6 is 0 Å². The lowest BCUT2D eigenvalue weighted by molar-refractivity contribution is -0.140. The fourth-order valence-electron chi connectivity index (χ4n) is 4.21. The van der Waals surface area contributed by atoms with Crippen molar-refractivity contribution in [3.05, 3.63) is 0 Å².